The number of anilines is 2. The van der Waals surface area contributed by atoms with E-state index in [1.807, 2.05) is 80.6 Å². The van der Waals surface area contributed by atoms with Gasteiger partial charge in [-0.2, -0.15) is 0 Å². The highest BCUT2D eigenvalue weighted by Gasteiger charge is 2.16. The average molecular weight is 393 g/mol. The van der Waals surface area contributed by atoms with E-state index in [1.165, 1.54) is 11.8 Å². The molecule has 5 heteroatoms. The number of rotatable bonds is 7. The second kappa shape index (κ2) is 9.42. The zero-order valence-electron chi connectivity index (χ0n) is 16.1. The van der Waals surface area contributed by atoms with E-state index in [0.717, 1.165) is 33.5 Å². The molecule has 0 bridgehead atoms. The van der Waals surface area contributed by atoms with Crippen LogP contribution in [0.2, 0.25) is 0 Å². The predicted octanol–water partition coefficient (Wildman–Crippen LogP) is 5.70. The molecule has 0 aliphatic rings. The summed E-state index contributed by atoms with van der Waals surface area (Å²) in [4.78, 5) is 25.4. The minimum Gasteiger partial charge on any atom is -0.326 e. The molecule has 0 saturated heterocycles. The number of benzene rings is 3. The number of fused-ring (bicyclic) bond motifs is 1. The molecule has 0 spiro atoms. The molecule has 0 heterocycles. The van der Waals surface area contributed by atoms with Gasteiger partial charge in [-0.05, 0) is 43.0 Å². The topological polar surface area (TPSA) is 58.2 Å². The highest BCUT2D eigenvalue weighted by molar-refractivity contribution is 8.00. The Morgan fingerprint density at radius 1 is 0.964 bits per heavy atom. The van der Waals surface area contributed by atoms with Crippen LogP contribution in [0.25, 0.3) is 10.8 Å². The Morgan fingerprint density at radius 2 is 1.71 bits per heavy atom. The molecule has 0 aliphatic carbocycles. The Labute approximate surface area is 169 Å². The first kappa shape index (κ1) is 20.0. The Bertz CT molecular complexity index is 982. The third kappa shape index (κ3) is 5.14. The van der Waals surface area contributed by atoms with Gasteiger partial charge in [-0.25, -0.2) is 0 Å². The Kier molecular flexibility index (Phi) is 6.71. The molecule has 2 amide bonds. The smallest absolute Gasteiger partial charge is 0.237 e. The van der Waals surface area contributed by atoms with Crippen molar-refractivity contribution < 1.29 is 9.59 Å². The molecule has 28 heavy (non-hydrogen) atoms. The predicted molar refractivity (Wildman–Crippen MR) is 118 cm³/mol. The van der Waals surface area contributed by atoms with Crippen LogP contribution in [0.4, 0.5) is 11.4 Å². The van der Waals surface area contributed by atoms with Crippen LogP contribution in [-0.2, 0) is 9.59 Å². The van der Waals surface area contributed by atoms with Gasteiger partial charge in [0.15, 0.2) is 0 Å². The summed E-state index contributed by atoms with van der Waals surface area (Å²) < 4.78 is 0. The fourth-order valence-corrected chi connectivity index (χ4v) is 3.85. The molecule has 144 valence electrons. The Morgan fingerprint density at radius 3 is 2.54 bits per heavy atom. The number of nitrogens with one attached hydrogen (secondary N) is 2. The summed E-state index contributed by atoms with van der Waals surface area (Å²) in [5, 5.41) is 7.77. The number of hydrogen-bond donors (Lipinski definition) is 2. The summed E-state index contributed by atoms with van der Waals surface area (Å²) in [6.45, 7) is 3.86. The molecule has 4 nitrogen and oxygen atoms in total. The molecular formula is C23H24N2O2S. The zero-order valence-corrected chi connectivity index (χ0v) is 16.9. The fraction of sp³-hybridized carbons (Fsp3) is 0.217. The largest absolute Gasteiger partial charge is 0.326 e. The van der Waals surface area contributed by atoms with Gasteiger partial charge in [-0.1, -0.05) is 49.4 Å². The molecule has 0 saturated carbocycles. The van der Waals surface area contributed by atoms with E-state index in [-0.39, 0.29) is 17.1 Å². The van der Waals surface area contributed by atoms with Gasteiger partial charge in [0, 0.05) is 28.1 Å². The lowest BCUT2D eigenvalue weighted by Gasteiger charge is -2.14. The van der Waals surface area contributed by atoms with E-state index >= 15 is 0 Å². The summed E-state index contributed by atoms with van der Waals surface area (Å²) in [5.74, 6) is -0.0480. The monoisotopic (exact) mass is 392 g/mol. The van der Waals surface area contributed by atoms with Crippen molar-refractivity contribution in [1.82, 2.24) is 0 Å². The lowest BCUT2D eigenvalue weighted by molar-refractivity contribution is -0.116. The van der Waals surface area contributed by atoms with Crippen molar-refractivity contribution in [2.24, 2.45) is 0 Å². The number of amides is 2. The molecule has 0 fully saturated rings. The molecule has 0 radical (unpaired) electrons. The van der Waals surface area contributed by atoms with Crippen molar-refractivity contribution in [3.05, 3.63) is 66.7 Å². The number of carbonyl (C=O) groups is 2. The molecular weight excluding hydrogens is 368 g/mol. The van der Waals surface area contributed by atoms with Gasteiger partial charge in [0.1, 0.15) is 0 Å². The van der Waals surface area contributed by atoms with Gasteiger partial charge in [-0.15, -0.1) is 11.8 Å². The van der Waals surface area contributed by atoms with Crippen LogP contribution in [0.5, 0.6) is 0 Å². The summed E-state index contributed by atoms with van der Waals surface area (Å²) >= 11 is 1.47. The number of carbonyl (C=O) groups excluding carboxylic acids is 2. The lowest BCUT2D eigenvalue weighted by atomic mass is 10.1. The lowest BCUT2D eigenvalue weighted by Crippen LogP contribution is -2.22. The van der Waals surface area contributed by atoms with E-state index in [0.29, 0.717) is 6.42 Å². The second-order valence-electron chi connectivity index (χ2n) is 6.60. The maximum absolute atomic E-state index is 12.7. The molecule has 3 aromatic rings. The third-order valence-corrected chi connectivity index (χ3v) is 5.42. The quantitative estimate of drug-likeness (QED) is 0.507. The van der Waals surface area contributed by atoms with Crippen molar-refractivity contribution in [3.63, 3.8) is 0 Å². The molecule has 1 atom stereocenters. The first-order valence-electron chi connectivity index (χ1n) is 9.42. The summed E-state index contributed by atoms with van der Waals surface area (Å²) in [6, 6.07) is 21.5. The van der Waals surface area contributed by atoms with Crippen molar-refractivity contribution >= 4 is 45.7 Å². The maximum atomic E-state index is 12.7. The summed E-state index contributed by atoms with van der Waals surface area (Å²) in [5.41, 5.74) is 1.57. The Balaban J connectivity index is 1.66. The SMILES string of the molecule is CCCC(=O)Nc1cccc(SC(C)C(=O)Nc2cccc3ccccc23)c1. The van der Waals surface area contributed by atoms with E-state index in [9.17, 15) is 9.59 Å². The van der Waals surface area contributed by atoms with Gasteiger partial charge >= 0.3 is 0 Å². The van der Waals surface area contributed by atoms with Gasteiger partial charge in [0.05, 0.1) is 5.25 Å². The maximum Gasteiger partial charge on any atom is 0.237 e. The fourth-order valence-electron chi connectivity index (χ4n) is 2.92. The minimum atomic E-state index is -0.277. The van der Waals surface area contributed by atoms with E-state index < -0.39 is 0 Å². The van der Waals surface area contributed by atoms with E-state index in [4.69, 9.17) is 0 Å². The molecule has 3 aromatic carbocycles. The number of thioether (sulfide) groups is 1. The van der Waals surface area contributed by atoms with E-state index in [1.54, 1.807) is 0 Å². The average Bonchev–Trinajstić information content (AvgIpc) is 2.68. The van der Waals surface area contributed by atoms with Crippen LogP contribution in [0.15, 0.2) is 71.6 Å². The summed E-state index contributed by atoms with van der Waals surface area (Å²) in [6.07, 6.45) is 1.31. The molecule has 2 N–H and O–H groups in total. The molecule has 0 aliphatic heterocycles. The van der Waals surface area contributed by atoms with Crippen LogP contribution < -0.4 is 10.6 Å². The van der Waals surface area contributed by atoms with Crippen LogP contribution in [-0.4, -0.2) is 17.1 Å². The van der Waals surface area contributed by atoms with Gasteiger partial charge in [0.25, 0.3) is 0 Å². The summed E-state index contributed by atoms with van der Waals surface area (Å²) in [7, 11) is 0. The van der Waals surface area contributed by atoms with Crippen molar-refractivity contribution in [2.75, 3.05) is 10.6 Å². The van der Waals surface area contributed by atoms with Crippen LogP contribution in [0.1, 0.15) is 26.7 Å². The normalized spacial score (nSPS) is 11.8. The highest BCUT2D eigenvalue weighted by Crippen LogP contribution is 2.28. The second-order valence-corrected chi connectivity index (χ2v) is 8.02. The Hall–Kier alpha value is -2.79. The third-order valence-electron chi connectivity index (χ3n) is 4.32. The molecule has 1 unspecified atom stereocenters. The van der Waals surface area contributed by atoms with Crippen LogP contribution in [0.3, 0.4) is 0 Å². The van der Waals surface area contributed by atoms with Crippen molar-refractivity contribution in [1.29, 1.82) is 0 Å². The van der Waals surface area contributed by atoms with Gasteiger partial charge < -0.3 is 10.6 Å². The highest BCUT2D eigenvalue weighted by atomic mass is 32.2. The van der Waals surface area contributed by atoms with Crippen LogP contribution in [0, 0.1) is 0 Å². The minimum absolute atomic E-state index is 0.00592. The van der Waals surface area contributed by atoms with Crippen LogP contribution >= 0.6 is 11.8 Å². The van der Waals surface area contributed by atoms with Gasteiger partial charge in [-0.3, -0.25) is 9.59 Å². The molecule has 3 rings (SSSR count). The van der Waals surface area contributed by atoms with Gasteiger partial charge in [0.2, 0.25) is 11.8 Å². The van der Waals surface area contributed by atoms with E-state index in [2.05, 4.69) is 10.6 Å². The molecule has 0 aromatic heterocycles. The van der Waals surface area contributed by atoms with Crippen molar-refractivity contribution in [3.8, 4) is 0 Å². The van der Waals surface area contributed by atoms with Crippen molar-refractivity contribution in [2.45, 2.75) is 36.8 Å². The number of hydrogen-bond acceptors (Lipinski definition) is 3. The zero-order chi connectivity index (χ0) is 19.9. The first-order valence-corrected chi connectivity index (χ1v) is 10.3. The standard InChI is InChI=1S/C23H24N2O2S/c1-3-8-22(26)24-18-11-7-12-19(15-18)28-16(2)23(27)25-21-14-6-10-17-9-4-5-13-20(17)21/h4-7,9-16H,3,8H2,1-2H3,(H,24,26)(H,25,27). The first-order chi connectivity index (χ1) is 13.6.